The Labute approximate surface area is 179 Å². The van der Waals surface area contributed by atoms with Crippen LogP contribution in [0.25, 0.3) is 0 Å². The van der Waals surface area contributed by atoms with Gasteiger partial charge in [-0.1, -0.05) is 18.6 Å². The van der Waals surface area contributed by atoms with Crippen LogP contribution in [0.2, 0.25) is 0 Å². The molecule has 1 aromatic carbocycles. The Bertz CT molecular complexity index is 779. The summed E-state index contributed by atoms with van der Waals surface area (Å²) in [4.78, 5) is 37.8. The zero-order chi connectivity index (χ0) is 22.5. The summed E-state index contributed by atoms with van der Waals surface area (Å²) < 4.78 is 15.9. The van der Waals surface area contributed by atoms with Crippen molar-refractivity contribution in [3.05, 3.63) is 35.4 Å². The number of fused-ring (bicyclic) bond motifs is 1. The molecule has 0 unspecified atom stereocenters. The van der Waals surface area contributed by atoms with Crippen molar-refractivity contribution in [2.45, 2.75) is 56.3 Å². The van der Waals surface area contributed by atoms with Crippen LogP contribution in [0.5, 0.6) is 0 Å². The lowest BCUT2D eigenvalue weighted by atomic mass is 9.95. The van der Waals surface area contributed by atoms with Gasteiger partial charge in [0.25, 0.3) is 11.8 Å². The highest BCUT2D eigenvalue weighted by Gasteiger charge is 2.53. The first kappa shape index (κ1) is 23.3. The Morgan fingerprint density at radius 2 is 1.71 bits per heavy atom. The van der Waals surface area contributed by atoms with Gasteiger partial charge in [-0.2, -0.15) is 0 Å². The summed E-state index contributed by atoms with van der Waals surface area (Å²) in [6, 6.07) is 4.98. The van der Waals surface area contributed by atoms with Gasteiger partial charge in [0.15, 0.2) is 6.29 Å². The number of nitrogens with zero attached hydrogens (tertiary/aromatic N) is 1. The van der Waals surface area contributed by atoms with E-state index in [-0.39, 0.29) is 30.1 Å². The van der Waals surface area contributed by atoms with E-state index in [1.54, 1.807) is 12.1 Å². The Kier molecular flexibility index (Phi) is 7.74. The highest BCUT2D eigenvalue weighted by atomic mass is 16.7. The molecule has 1 fully saturated rings. The fourth-order valence-electron chi connectivity index (χ4n) is 3.81. The van der Waals surface area contributed by atoms with Crippen LogP contribution in [0.1, 0.15) is 46.4 Å². The van der Waals surface area contributed by atoms with E-state index in [1.165, 1.54) is 19.2 Å². The number of benzene rings is 1. The van der Waals surface area contributed by atoms with E-state index in [1.807, 2.05) is 0 Å². The quantitative estimate of drug-likeness (QED) is 0.273. The van der Waals surface area contributed by atoms with Crippen LogP contribution >= 0.6 is 0 Å². The second-order valence-electron chi connectivity index (χ2n) is 7.48. The zero-order valence-electron chi connectivity index (χ0n) is 17.2. The smallest absolute Gasteiger partial charge is 0.305 e. The molecule has 0 aromatic heterocycles. The molecule has 31 heavy (non-hydrogen) atoms. The van der Waals surface area contributed by atoms with Crippen molar-refractivity contribution < 1.29 is 43.9 Å². The number of ether oxygens (including phenoxy) is 3. The number of unbranched alkanes of at least 4 members (excludes halogenated alkanes) is 2. The van der Waals surface area contributed by atoms with Crippen molar-refractivity contribution >= 4 is 17.8 Å². The van der Waals surface area contributed by atoms with Crippen molar-refractivity contribution in [1.82, 2.24) is 4.90 Å². The van der Waals surface area contributed by atoms with Crippen LogP contribution < -0.4 is 0 Å². The average Bonchev–Trinajstić information content (AvgIpc) is 3.03. The topological polar surface area (TPSA) is 143 Å². The van der Waals surface area contributed by atoms with Crippen LogP contribution in [0.3, 0.4) is 0 Å². The minimum absolute atomic E-state index is 0.159. The maximum absolute atomic E-state index is 12.9. The first-order valence-electron chi connectivity index (χ1n) is 10.2. The molecule has 2 heterocycles. The van der Waals surface area contributed by atoms with Crippen LogP contribution in [0, 0.1) is 0 Å². The van der Waals surface area contributed by atoms with Gasteiger partial charge in [0.05, 0.1) is 24.8 Å². The Hall–Kier alpha value is -2.37. The predicted molar refractivity (Wildman–Crippen MR) is 105 cm³/mol. The summed E-state index contributed by atoms with van der Waals surface area (Å²) in [7, 11) is 1.32. The van der Waals surface area contributed by atoms with E-state index in [4.69, 9.17) is 9.47 Å². The first-order chi connectivity index (χ1) is 14.9. The van der Waals surface area contributed by atoms with Gasteiger partial charge in [-0.25, -0.2) is 0 Å². The zero-order valence-corrected chi connectivity index (χ0v) is 17.2. The number of rotatable bonds is 9. The molecule has 2 aliphatic rings. The highest BCUT2D eigenvalue weighted by molar-refractivity contribution is 6.21. The molecule has 0 aliphatic carbocycles. The van der Waals surface area contributed by atoms with Gasteiger partial charge in [-0.3, -0.25) is 19.3 Å². The van der Waals surface area contributed by atoms with Crippen LogP contribution in [0.15, 0.2) is 24.3 Å². The SMILES string of the molecule is COC(=O)CCCCCO[C@H]1O[C@H](CO)[C@@H](O)[C@H](O)[C@@H]1N1C(=O)c2ccccc2C1=O. The van der Waals surface area contributed by atoms with Gasteiger partial charge >= 0.3 is 5.97 Å². The minimum Gasteiger partial charge on any atom is -0.469 e. The number of aliphatic hydroxyl groups excluding tert-OH is 3. The average molecular weight is 437 g/mol. The maximum atomic E-state index is 12.9. The second kappa shape index (κ2) is 10.3. The number of amides is 2. The van der Waals surface area contributed by atoms with Crippen molar-refractivity contribution in [2.24, 2.45) is 0 Å². The molecule has 10 nitrogen and oxygen atoms in total. The molecule has 0 radical (unpaired) electrons. The number of carbonyl (C=O) groups excluding carboxylic acids is 3. The molecular formula is C21H27NO9. The largest absolute Gasteiger partial charge is 0.469 e. The minimum atomic E-state index is -1.57. The Morgan fingerprint density at radius 1 is 1.06 bits per heavy atom. The number of hydrogen-bond acceptors (Lipinski definition) is 9. The van der Waals surface area contributed by atoms with Gasteiger partial charge in [-0.15, -0.1) is 0 Å². The normalized spacial score (nSPS) is 28.0. The van der Waals surface area contributed by atoms with E-state index in [0.717, 1.165) is 4.90 Å². The third kappa shape index (κ3) is 4.78. The van der Waals surface area contributed by atoms with Crippen molar-refractivity contribution in [1.29, 1.82) is 0 Å². The lowest BCUT2D eigenvalue weighted by Crippen LogP contribution is -2.65. The summed E-state index contributed by atoms with van der Waals surface area (Å²) in [5.74, 6) is -1.53. The molecule has 3 N–H and O–H groups in total. The van der Waals surface area contributed by atoms with E-state index in [0.29, 0.717) is 19.3 Å². The van der Waals surface area contributed by atoms with Gasteiger partial charge in [0, 0.05) is 13.0 Å². The van der Waals surface area contributed by atoms with Crippen LogP contribution in [-0.2, 0) is 19.0 Å². The number of carbonyl (C=O) groups is 3. The van der Waals surface area contributed by atoms with Gasteiger partial charge in [0.2, 0.25) is 0 Å². The maximum Gasteiger partial charge on any atom is 0.305 e. The summed E-state index contributed by atoms with van der Waals surface area (Å²) in [5.41, 5.74) is 0.389. The molecule has 0 spiro atoms. The third-order valence-electron chi connectivity index (χ3n) is 5.51. The summed E-state index contributed by atoms with van der Waals surface area (Å²) >= 11 is 0. The summed E-state index contributed by atoms with van der Waals surface area (Å²) in [5, 5.41) is 30.5. The lowest BCUT2D eigenvalue weighted by molar-refractivity contribution is -0.279. The standard InChI is InChI=1S/C21H27NO9/c1-29-15(24)9-3-2-6-10-30-21-16(18(26)17(25)14(11-23)31-21)22-19(27)12-7-4-5-8-13(12)20(22)28/h4-5,7-8,14,16-18,21,23,25-26H,2-3,6,9-11H2,1H3/t14-,16+,17-,18-,21+/m1/s1. The molecule has 10 heteroatoms. The van der Waals surface area contributed by atoms with E-state index >= 15 is 0 Å². The number of hydrogen-bond donors (Lipinski definition) is 3. The fourth-order valence-corrected chi connectivity index (χ4v) is 3.81. The number of esters is 1. The summed E-state index contributed by atoms with van der Waals surface area (Å²) in [6.07, 6.45) is -3.36. The molecule has 170 valence electrons. The van der Waals surface area contributed by atoms with E-state index in [2.05, 4.69) is 4.74 Å². The Morgan fingerprint density at radius 3 is 2.29 bits per heavy atom. The molecule has 1 aromatic rings. The second-order valence-corrected chi connectivity index (χ2v) is 7.48. The van der Waals surface area contributed by atoms with E-state index in [9.17, 15) is 29.7 Å². The molecule has 2 aliphatic heterocycles. The van der Waals surface area contributed by atoms with Crippen molar-refractivity contribution in [3.8, 4) is 0 Å². The number of imide groups is 1. The van der Waals surface area contributed by atoms with Gasteiger partial charge in [-0.05, 0) is 25.0 Å². The molecular weight excluding hydrogens is 410 g/mol. The summed E-state index contributed by atoms with van der Waals surface area (Å²) in [6.45, 7) is -0.418. The Balaban J connectivity index is 1.71. The van der Waals surface area contributed by atoms with Crippen LogP contribution in [0.4, 0.5) is 0 Å². The predicted octanol–water partition coefficient (Wildman–Crippen LogP) is -0.160. The molecule has 1 saturated heterocycles. The number of aliphatic hydroxyl groups is 3. The first-order valence-corrected chi connectivity index (χ1v) is 10.2. The lowest BCUT2D eigenvalue weighted by Gasteiger charge is -2.44. The molecule has 0 bridgehead atoms. The monoisotopic (exact) mass is 437 g/mol. The molecule has 3 rings (SSSR count). The highest BCUT2D eigenvalue weighted by Crippen LogP contribution is 2.32. The fraction of sp³-hybridized carbons (Fsp3) is 0.571. The van der Waals surface area contributed by atoms with Gasteiger partial charge < -0.3 is 29.5 Å². The van der Waals surface area contributed by atoms with Crippen molar-refractivity contribution in [3.63, 3.8) is 0 Å². The van der Waals surface area contributed by atoms with Gasteiger partial charge in [0.1, 0.15) is 24.4 Å². The molecule has 5 atom stereocenters. The molecule has 0 saturated carbocycles. The third-order valence-corrected chi connectivity index (χ3v) is 5.51. The number of methoxy groups -OCH3 is 1. The van der Waals surface area contributed by atoms with Crippen molar-refractivity contribution in [2.75, 3.05) is 20.3 Å². The van der Waals surface area contributed by atoms with Crippen LogP contribution in [-0.4, -0.2) is 89.0 Å². The van der Waals surface area contributed by atoms with E-state index < -0.39 is 49.1 Å². The molecule has 2 amide bonds.